The van der Waals surface area contributed by atoms with Crippen molar-refractivity contribution < 1.29 is 24.1 Å². The van der Waals surface area contributed by atoms with Gasteiger partial charge in [0, 0.05) is 7.11 Å². The molecule has 0 radical (unpaired) electrons. The molecular weight excluding hydrogens is 212 g/mol. The minimum atomic E-state index is -1.00. The maximum absolute atomic E-state index is 10.8. The fraction of sp³-hybridized carbons (Fsp3) is 0.364. The van der Waals surface area contributed by atoms with Gasteiger partial charge in [-0.2, -0.15) is 0 Å². The molecule has 0 unspecified atom stereocenters. The van der Waals surface area contributed by atoms with Crippen molar-refractivity contribution in [3.63, 3.8) is 0 Å². The largest absolute Gasteiger partial charge is 0.493 e. The van der Waals surface area contributed by atoms with Gasteiger partial charge in [0.1, 0.15) is 6.61 Å². The normalized spacial score (nSPS) is 9.88. The van der Waals surface area contributed by atoms with E-state index in [1.807, 2.05) is 0 Å². The molecule has 0 aliphatic heterocycles. The van der Waals surface area contributed by atoms with Crippen molar-refractivity contribution in [2.45, 2.75) is 0 Å². The van der Waals surface area contributed by atoms with Crippen LogP contribution in [0, 0.1) is 0 Å². The maximum atomic E-state index is 10.8. The van der Waals surface area contributed by atoms with E-state index in [-0.39, 0.29) is 5.56 Å². The molecule has 0 aromatic heterocycles. The summed E-state index contributed by atoms with van der Waals surface area (Å²) in [6, 6.07) is 4.45. The van der Waals surface area contributed by atoms with Crippen LogP contribution in [0.25, 0.3) is 0 Å². The number of methoxy groups -OCH3 is 2. The number of carboxylic acid groups (broad SMARTS) is 1. The van der Waals surface area contributed by atoms with E-state index in [4.69, 9.17) is 19.3 Å². The highest BCUT2D eigenvalue weighted by molar-refractivity contribution is 5.88. The van der Waals surface area contributed by atoms with E-state index in [9.17, 15) is 4.79 Å². The summed E-state index contributed by atoms with van der Waals surface area (Å²) in [4.78, 5) is 10.8. The summed E-state index contributed by atoms with van der Waals surface area (Å²) in [6.45, 7) is 0.774. The third kappa shape index (κ3) is 3.13. The third-order valence-electron chi connectivity index (χ3n) is 1.96. The summed E-state index contributed by atoms with van der Waals surface area (Å²) in [5.41, 5.74) is 0.160. The number of carbonyl (C=O) groups is 1. The Morgan fingerprint density at radius 1 is 1.25 bits per heavy atom. The minimum absolute atomic E-state index is 0.160. The lowest BCUT2D eigenvalue weighted by Crippen LogP contribution is -2.06. The quantitative estimate of drug-likeness (QED) is 0.743. The van der Waals surface area contributed by atoms with E-state index in [0.29, 0.717) is 24.7 Å². The second-order valence-electron chi connectivity index (χ2n) is 3.01. The van der Waals surface area contributed by atoms with Gasteiger partial charge >= 0.3 is 5.97 Å². The first-order valence-electron chi connectivity index (χ1n) is 4.72. The maximum Gasteiger partial charge on any atom is 0.335 e. The molecule has 5 nitrogen and oxygen atoms in total. The van der Waals surface area contributed by atoms with Crippen LogP contribution in [0.1, 0.15) is 10.4 Å². The van der Waals surface area contributed by atoms with Crippen LogP contribution in [0.3, 0.4) is 0 Å². The fourth-order valence-electron chi connectivity index (χ4n) is 1.16. The van der Waals surface area contributed by atoms with Crippen molar-refractivity contribution in [2.24, 2.45) is 0 Å². The first kappa shape index (κ1) is 12.3. The molecule has 1 aromatic carbocycles. The summed E-state index contributed by atoms with van der Waals surface area (Å²) >= 11 is 0. The number of rotatable bonds is 6. The zero-order valence-electron chi connectivity index (χ0n) is 9.23. The summed E-state index contributed by atoms with van der Waals surface area (Å²) in [5.74, 6) is -0.0974. The van der Waals surface area contributed by atoms with Crippen LogP contribution in [0.5, 0.6) is 11.5 Å². The standard InChI is InChI=1S/C11H14O5/c1-14-5-6-16-10-7-8(11(12)13)3-4-9(10)15-2/h3-4,7H,5-6H2,1-2H3,(H,12,13). The number of ether oxygens (including phenoxy) is 3. The van der Waals surface area contributed by atoms with Crippen molar-refractivity contribution in [1.29, 1.82) is 0 Å². The highest BCUT2D eigenvalue weighted by Gasteiger charge is 2.09. The predicted octanol–water partition coefficient (Wildman–Crippen LogP) is 1.42. The summed E-state index contributed by atoms with van der Waals surface area (Å²) in [6.07, 6.45) is 0. The number of benzene rings is 1. The summed E-state index contributed by atoms with van der Waals surface area (Å²) in [5, 5.41) is 8.82. The first-order valence-corrected chi connectivity index (χ1v) is 4.72. The lowest BCUT2D eigenvalue weighted by molar-refractivity contribution is 0.0696. The highest BCUT2D eigenvalue weighted by Crippen LogP contribution is 2.27. The van der Waals surface area contributed by atoms with Gasteiger partial charge in [-0.05, 0) is 18.2 Å². The van der Waals surface area contributed by atoms with E-state index in [1.54, 1.807) is 13.2 Å². The molecule has 0 atom stereocenters. The van der Waals surface area contributed by atoms with Crippen molar-refractivity contribution in [1.82, 2.24) is 0 Å². The number of hydrogen-bond acceptors (Lipinski definition) is 4. The predicted molar refractivity (Wildman–Crippen MR) is 57.3 cm³/mol. The Kier molecular flexibility index (Phi) is 4.60. The van der Waals surface area contributed by atoms with E-state index >= 15 is 0 Å². The molecule has 88 valence electrons. The molecule has 0 amide bonds. The molecule has 1 aromatic rings. The molecule has 1 N–H and O–H groups in total. The molecule has 0 aliphatic carbocycles. The Balaban J connectivity index is 2.84. The average molecular weight is 226 g/mol. The van der Waals surface area contributed by atoms with E-state index in [2.05, 4.69) is 0 Å². The molecule has 0 bridgehead atoms. The van der Waals surface area contributed by atoms with Crippen LogP contribution in [-0.4, -0.2) is 38.5 Å². The zero-order chi connectivity index (χ0) is 12.0. The molecule has 0 saturated carbocycles. The van der Waals surface area contributed by atoms with Crippen LogP contribution in [0.15, 0.2) is 18.2 Å². The molecule has 0 fully saturated rings. The first-order chi connectivity index (χ1) is 7.69. The second-order valence-corrected chi connectivity index (χ2v) is 3.01. The molecule has 1 rings (SSSR count). The van der Waals surface area contributed by atoms with Crippen molar-refractivity contribution >= 4 is 5.97 Å². The number of hydrogen-bond donors (Lipinski definition) is 1. The van der Waals surface area contributed by atoms with Crippen LogP contribution in [-0.2, 0) is 4.74 Å². The summed E-state index contributed by atoms with van der Waals surface area (Å²) in [7, 11) is 3.06. The molecule has 0 aliphatic rings. The molecule has 0 spiro atoms. The van der Waals surface area contributed by atoms with Gasteiger partial charge in [0.15, 0.2) is 11.5 Å². The van der Waals surface area contributed by atoms with Crippen molar-refractivity contribution in [3.8, 4) is 11.5 Å². The van der Waals surface area contributed by atoms with Gasteiger partial charge in [-0.3, -0.25) is 0 Å². The number of carboxylic acids is 1. The lowest BCUT2D eigenvalue weighted by atomic mass is 10.2. The topological polar surface area (TPSA) is 65.0 Å². The number of aromatic carboxylic acids is 1. The third-order valence-corrected chi connectivity index (χ3v) is 1.96. The monoisotopic (exact) mass is 226 g/mol. The Morgan fingerprint density at radius 3 is 2.56 bits per heavy atom. The van der Waals surface area contributed by atoms with Crippen LogP contribution < -0.4 is 9.47 Å². The molecule has 16 heavy (non-hydrogen) atoms. The van der Waals surface area contributed by atoms with Gasteiger partial charge < -0.3 is 19.3 Å². The van der Waals surface area contributed by atoms with Gasteiger partial charge in [0.25, 0.3) is 0 Å². The minimum Gasteiger partial charge on any atom is -0.493 e. The van der Waals surface area contributed by atoms with Crippen molar-refractivity contribution in [2.75, 3.05) is 27.4 Å². The van der Waals surface area contributed by atoms with E-state index < -0.39 is 5.97 Å². The van der Waals surface area contributed by atoms with Gasteiger partial charge in [0.2, 0.25) is 0 Å². The van der Waals surface area contributed by atoms with Crippen molar-refractivity contribution in [3.05, 3.63) is 23.8 Å². The molecule has 0 saturated heterocycles. The Morgan fingerprint density at radius 2 is 2.00 bits per heavy atom. The Hall–Kier alpha value is -1.75. The molecule has 5 heteroatoms. The lowest BCUT2D eigenvalue weighted by Gasteiger charge is -2.10. The van der Waals surface area contributed by atoms with Gasteiger partial charge in [-0.1, -0.05) is 0 Å². The highest BCUT2D eigenvalue weighted by atomic mass is 16.5. The van der Waals surface area contributed by atoms with Crippen LogP contribution in [0.2, 0.25) is 0 Å². The molecule has 0 heterocycles. The molecular formula is C11H14O5. The Labute approximate surface area is 93.6 Å². The van der Waals surface area contributed by atoms with Crippen LogP contribution >= 0.6 is 0 Å². The summed E-state index contributed by atoms with van der Waals surface area (Å²) < 4.78 is 15.2. The van der Waals surface area contributed by atoms with Gasteiger partial charge in [-0.15, -0.1) is 0 Å². The Bertz CT molecular complexity index is 361. The average Bonchev–Trinajstić information content (AvgIpc) is 2.29. The SMILES string of the molecule is COCCOc1cc(C(=O)O)ccc1OC. The van der Waals surface area contributed by atoms with E-state index in [0.717, 1.165) is 0 Å². The van der Waals surface area contributed by atoms with Gasteiger partial charge in [0.05, 0.1) is 19.3 Å². The van der Waals surface area contributed by atoms with Crippen LogP contribution in [0.4, 0.5) is 0 Å². The smallest absolute Gasteiger partial charge is 0.335 e. The van der Waals surface area contributed by atoms with E-state index in [1.165, 1.54) is 19.2 Å². The zero-order valence-corrected chi connectivity index (χ0v) is 9.23. The second kappa shape index (κ2) is 5.97. The van der Waals surface area contributed by atoms with Gasteiger partial charge in [-0.25, -0.2) is 4.79 Å². The fourth-order valence-corrected chi connectivity index (χ4v) is 1.16.